The van der Waals surface area contributed by atoms with Crippen LogP contribution in [0.5, 0.6) is 11.5 Å². The van der Waals surface area contributed by atoms with Gasteiger partial charge in [-0.1, -0.05) is 37.7 Å². The van der Waals surface area contributed by atoms with Gasteiger partial charge in [0.05, 0.1) is 26.0 Å². The number of amides is 2. The Balaban J connectivity index is 1.57. The van der Waals surface area contributed by atoms with Crippen molar-refractivity contribution < 1.29 is 28.2 Å². The third kappa shape index (κ3) is 8.36. The number of hydrogen-bond donors (Lipinski definition) is 1. The second-order valence-corrected chi connectivity index (χ2v) is 9.04. The Labute approximate surface area is 220 Å². The Morgan fingerprint density at radius 3 is 2.59 bits per heavy atom. The Morgan fingerprint density at radius 2 is 1.92 bits per heavy atom. The van der Waals surface area contributed by atoms with Gasteiger partial charge < -0.3 is 19.1 Å². The minimum atomic E-state index is -0.981. The quantitative estimate of drug-likeness (QED) is 0.348. The maximum atomic E-state index is 12.7. The lowest BCUT2D eigenvalue weighted by molar-refractivity contribution is 0.153. The van der Waals surface area contributed by atoms with Gasteiger partial charge >= 0.3 is 11.3 Å². The number of halogens is 1. The molecule has 1 heterocycles. The summed E-state index contributed by atoms with van der Waals surface area (Å²) in [4.78, 5) is 26.8. The number of hydrazone groups is 1. The molecule has 1 aliphatic rings. The van der Waals surface area contributed by atoms with Gasteiger partial charge in [-0.05, 0) is 55.4 Å². The summed E-state index contributed by atoms with van der Waals surface area (Å²) < 4.78 is 28.2. The number of anilines is 1. The second kappa shape index (κ2) is 14.4. The number of nitrogens with zero attached hydrogens (tertiary/aromatic N) is 3. The summed E-state index contributed by atoms with van der Waals surface area (Å²) in [7, 11) is 1.48. The SMILES string of the molecule is CCN(CC)CCCOC(=O)Nc1ccc(CN2N=C(c3ccc(OC)c(OCF)c3)CSC2=O)cc1. The molecule has 0 unspecified atom stereocenters. The van der Waals surface area contributed by atoms with Gasteiger partial charge in [0.1, 0.15) is 0 Å². The smallest absolute Gasteiger partial charge is 0.411 e. The summed E-state index contributed by atoms with van der Waals surface area (Å²) in [6, 6.07) is 12.3. The number of nitrogens with one attached hydrogen (secondary N) is 1. The standard InChI is InChI=1S/C26H33FN4O5S/c1-4-30(5-2)13-6-14-35-25(32)28-21-10-7-19(8-11-21)16-31-26(33)37-17-22(29-31)20-9-12-23(34-3)24(15-20)36-18-27/h7-12,15H,4-6,13-14,16-18H2,1-3H3,(H,28,32). The van der Waals surface area contributed by atoms with E-state index in [0.717, 1.165) is 43.4 Å². The molecular weight excluding hydrogens is 499 g/mol. The van der Waals surface area contributed by atoms with Crippen molar-refractivity contribution in [3.8, 4) is 11.5 Å². The van der Waals surface area contributed by atoms with Crippen molar-refractivity contribution in [1.29, 1.82) is 0 Å². The highest BCUT2D eigenvalue weighted by Crippen LogP contribution is 2.30. The first-order chi connectivity index (χ1) is 18.0. The molecule has 1 N–H and O–H groups in total. The maximum absolute atomic E-state index is 12.7. The van der Waals surface area contributed by atoms with Crippen LogP contribution < -0.4 is 14.8 Å². The lowest BCUT2D eigenvalue weighted by atomic mass is 10.1. The van der Waals surface area contributed by atoms with E-state index in [-0.39, 0.29) is 17.5 Å². The minimum absolute atomic E-state index is 0.173. The molecule has 0 aliphatic carbocycles. The van der Waals surface area contributed by atoms with E-state index in [2.05, 4.69) is 29.2 Å². The molecule has 0 atom stereocenters. The van der Waals surface area contributed by atoms with Crippen molar-refractivity contribution in [3.05, 3.63) is 53.6 Å². The van der Waals surface area contributed by atoms with E-state index in [1.165, 1.54) is 12.1 Å². The first kappa shape index (κ1) is 28.3. The van der Waals surface area contributed by atoms with Crippen LogP contribution in [0.25, 0.3) is 0 Å². The molecule has 200 valence electrons. The summed E-state index contributed by atoms with van der Waals surface area (Å²) in [5, 5.41) is 8.45. The maximum Gasteiger partial charge on any atom is 0.411 e. The number of rotatable bonds is 13. The Hall–Kier alpha value is -3.31. The van der Waals surface area contributed by atoms with Gasteiger partial charge in [-0.2, -0.15) is 5.10 Å². The van der Waals surface area contributed by atoms with Gasteiger partial charge in [0.25, 0.3) is 0 Å². The van der Waals surface area contributed by atoms with Crippen LogP contribution in [-0.2, 0) is 11.3 Å². The van der Waals surface area contributed by atoms with Crippen molar-refractivity contribution in [2.24, 2.45) is 5.10 Å². The van der Waals surface area contributed by atoms with Crippen molar-refractivity contribution in [2.75, 3.05) is 51.3 Å². The number of alkyl halides is 1. The average Bonchev–Trinajstić information content (AvgIpc) is 2.91. The fraction of sp³-hybridized carbons (Fsp3) is 0.423. The van der Waals surface area contributed by atoms with Crippen LogP contribution in [0.2, 0.25) is 0 Å². The zero-order valence-electron chi connectivity index (χ0n) is 21.4. The fourth-order valence-electron chi connectivity index (χ4n) is 3.70. The van der Waals surface area contributed by atoms with E-state index in [4.69, 9.17) is 14.2 Å². The van der Waals surface area contributed by atoms with Crippen molar-refractivity contribution >= 4 is 34.5 Å². The summed E-state index contributed by atoms with van der Waals surface area (Å²) >= 11 is 1.14. The van der Waals surface area contributed by atoms with E-state index >= 15 is 0 Å². The van der Waals surface area contributed by atoms with Gasteiger partial charge in [-0.15, -0.1) is 0 Å². The summed E-state index contributed by atoms with van der Waals surface area (Å²) in [5.41, 5.74) is 2.82. The average molecular weight is 533 g/mol. The fourth-order valence-corrected chi connectivity index (χ4v) is 4.44. The van der Waals surface area contributed by atoms with Gasteiger partial charge in [0.15, 0.2) is 11.5 Å². The predicted octanol–water partition coefficient (Wildman–Crippen LogP) is 5.35. The topological polar surface area (TPSA) is 92.7 Å². The van der Waals surface area contributed by atoms with E-state index in [1.807, 2.05) is 12.1 Å². The molecule has 2 aromatic carbocycles. The molecule has 37 heavy (non-hydrogen) atoms. The largest absolute Gasteiger partial charge is 0.493 e. The Bertz CT molecular complexity index is 1080. The molecular formula is C26H33FN4O5S. The monoisotopic (exact) mass is 532 g/mol. The lowest BCUT2D eigenvalue weighted by Gasteiger charge is -2.23. The van der Waals surface area contributed by atoms with Crippen molar-refractivity contribution in [1.82, 2.24) is 9.91 Å². The third-order valence-electron chi connectivity index (χ3n) is 5.77. The van der Waals surface area contributed by atoms with Gasteiger partial charge in [-0.25, -0.2) is 14.2 Å². The molecule has 0 fully saturated rings. The molecule has 2 aromatic rings. The van der Waals surface area contributed by atoms with Crippen LogP contribution in [0, 0.1) is 0 Å². The van der Waals surface area contributed by atoms with Crippen LogP contribution in [0.15, 0.2) is 47.6 Å². The van der Waals surface area contributed by atoms with Crippen LogP contribution >= 0.6 is 11.8 Å². The van der Waals surface area contributed by atoms with E-state index in [9.17, 15) is 14.0 Å². The highest BCUT2D eigenvalue weighted by molar-refractivity contribution is 8.14. The van der Waals surface area contributed by atoms with Crippen LogP contribution in [0.4, 0.5) is 19.7 Å². The molecule has 11 heteroatoms. The minimum Gasteiger partial charge on any atom is -0.493 e. The molecule has 2 amide bonds. The molecule has 9 nitrogen and oxygen atoms in total. The van der Waals surface area contributed by atoms with E-state index in [1.54, 1.807) is 30.3 Å². The van der Waals surface area contributed by atoms with E-state index < -0.39 is 13.0 Å². The van der Waals surface area contributed by atoms with Gasteiger partial charge in [0, 0.05) is 23.5 Å². The van der Waals surface area contributed by atoms with Crippen LogP contribution in [0.3, 0.4) is 0 Å². The van der Waals surface area contributed by atoms with Crippen LogP contribution in [0.1, 0.15) is 31.4 Å². The summed E-state index contributed by atoms with van der Waals surface area (Å²) in [5.74, 6) is 1.07. The third-order valence-corrected chi connectivity index (χ3v) is 6.65. The van der Waals surface area contributed by atoms with Crippen LogP contribution in [-0.4, -0.2) is 72.9 Å². The summed E-state index contributed by atoms with van der Waals surface area (Å²) in [6.07, 6.45) is 0.277. The zero-order valence-corrected chi connectivity index (χ0v) is 22.2. The molecule has 0 saturated heterocycles. The van der Waals surface area contributed by atoms with Crippen molar-refractivity contribution in [2.45, 2.75) is 26.8 Å². The predicted molar refractivity (Wildman–Crippen MR) is 143 cm³/mol. The highest BCUT2D eigenvalue weighted by atomic mass is 32.2. The number of ether oxygens (including phenoxy) is 3. The van der Waals surface area contributed by atoms with Crippen molar-refractivity contribution in [3.63, 3.8) is 0 Å². The zero-order chi connectivity index (χ0) is 26.6. The first-order valence-electron chi connectivity index (χ1n) is 12.1. The highest BCUT2D eigenvalue weighted by Gasteiger charge is 2.23. The number of carbonyl (C=O) groups excluding carboxylic acids is 2. The van der Waals surface area contributed by atoms with E-state index in [0.29, 0.717) is 35.1 Å². The lowest BCUT2D eigenvalue weighted by Crippen LogP contribution is -2.29. The number of carbonyl (C=O) groups is 2. The van der Waals surface area contributed by atoms with Gasteiger partial charge in [-0.3, -0.25) is 10.1 Å². The normalized spacial score (nSPS) is 13.4. The van der Waals surface area contributed by atoms with Gasteiger partial charge in [0.2, 0.25) is 6.86 Å². The number of benzene rings is 2. The Morgan fingerprint density at radius 1 is 1.16 bits per heavy atom. The molecule has 0 aromatic heterocycles. The number of methoxy groups -OCH3 is 1. The molecule has 1 aliphatic heterocycles. The molecule has 0 bridgehead atoms. The molecule has 0 saturated carbocycles. The molecule has 3 rings (SSSR count). The molecule has 0 spiro atoms. The number of hydrogen-bond acceptors (Lipinski definition) is 8. The second-order valence-electron chi connectivity index (χ2n) is 8.12. The molecule has 0 radical (unpaired) electrons. The number of thioether (sulfide) groups is 1. The Kier molecular flexibility index (Phi) is 11.0. The first-order valence-corrected chi connectivity index (χ1v) is 13.1. The summed E-state index contributed by atoms with van der Waals surface area (Å²) in [6.45, 7) is 6.67.